The number of rotatable bonds is 6. The Labute approximate surface area is 202 Å². The zero-order valence-corrected chi connectivity index (χ0v) is 19.9. The van der Waals surface area contributed by atoms with Crippen LogP contribution in [0.25, 0.3) is 0 Å². The van der Waals surface area contributed by atoms with Gasteiger partial charge in [0.25, 0.3) is 5.91 Å². The number of benzene rings is 3. The first-order valence-electron chi connectivity index (χ1n) is 10.8. The molecule has 0 aromatic heterocycles. The van der Waals surface area contributed by atoms with Crippen LogP contribution in [0.15, 0.2) is 66.7 Å². The topological polar surface area (TPSA) is 68.3 Å². The molecule has 34 heavy (non-hydrogen) atoms. The summed E-state index contributed by atoms with van der Waals surface area (Å²) in [6.07, 6.45) is 0. The average Bonchev–Trinajstić information content (AvgIpc) is 3.34. The van der Waals surface area contributed by atoms with Crippen molar-refractivity contribution in [1.82, 2.24) is 0 Å². The van der Waals surface area contributed by atoms with Crippen LogP contribution in [-0.2, 0) is 21.0 Å². The molecule has 0 radical (unpaired) electrons. The molecule has 8 heteroatoms. The van der Waals surface area contributed by atoms with Crippen LogP contribution in [0, 0.1) is 0 Å². The molecule has 1 spiro atoms. The van der Waals surface area contributed by atoms with Gasteiger partial charge in [-0.2, -0.15) is 0 Å². The Balaban J connectivity index is 1.63. The van der Waals surface area contributed by atoms with Crippen LogP contribution in [-0.4, -0.2) is 38.9 Å². The number of para-hydroxylation sites is 1. The predicted molar refractivity (Wildman–Crippen MR) is 132 cm³/mol. The van der Waals surface area contributed by atoms with Crippen molar-refractivity contribution in [2.24, 2.45) is 0 Å². The molecule has 2 heterocycles. The molecule has 1 fully saturated rings. The Hall–Kier alpha value is -3.65. The third-order valence-corrected chi connectivity index (χ3v) is 7.52. The summed E-state index contributed by atoms with van der Waals surface area (Å²) in [5, 5.41) is 0. The summed E-state index contributed by atoms with van der Waals surface area (Å²) in [6.45, 7) is 0.360. The molecule has 0 bridgehead atoms. The van der Waals surface area contributed by atoms with Gasteiger partial charge in [-0.25, -0.2) is 0 Å². The number of thioether (sulfide) groups is 1. The predicted octanol–water partition coefficient (Wildman–Crippen LogP) is 4.19. The van der Waals surface area contributed by atoms with Crippen molar-refractivity contribution in [2.75, 3.05) is 36.9 Å². The lowest BCUT2D eigenvalue weighted by Gasteiger charge is -2.33. The number of nitrogens with zero attached hydrogens (tertiary/aromatic N) is 2. The summed E-state index contributed by atoms with van der Waals surface area (Å²) >= 11 is 1.34. The number of amides is 2. The zero-order valence-electron chi connectivity index (χ0n) is 19.1. The molecule has 0 unspecified atom stereocenters. The van der Waals surface area contributed by atoms with E-state index in [1.54, 1.807) is 49.3 Å². The zero-order chi connectivity index (χ0) is 23.9. The minimum absolute atomic E-state index is 0.147. The molecule has 1 atom stereocenters. The van der Waals surface area contributed by atoms with Crippen molar-refractivity contribution in [3.05, 3.63) is 77.9 Å². The fourth-order valence-corrected chi connectivity index (χ4v) is 5.95. The van der Waals surface area contributed by atoms with Gasteiger partial charge in [-0.05, 0) is 23.8 Å². The first-order chi connectivity index (χ1) is 16.5. The maximum atomic E-state index is 14.2. The highest BCUT2D eigenvalue weighted by Gasteiger charge is 2.61. The summed E-state index contributed by atoms with van der Waals surface area (Å²) in [6, 6.07) is 20.6. The molecule has 2 amide bonds. The van der Waals surface area contributed by atoms with Gasteiger partial charge in [0.05, 0.1) is 45.0 Å². The van der Waals surface area contributed by atoms with E-state index in [0.29, 0.717) is 23.7 Å². The highest BCUT2D eigenvalue weighted by atomic mass is 32.2. The maximum absolute atomic E-state index is 14.2. The van der Waals surface area contributed by atoms with Crippen molar-refractivity contribution in [1.29, 1.82) is 0 Å². The molecular formula is C26H24N2O5S. The molecule has 2 aliphatic rings. The van der Waals surface area contributed by atoms with E-state index in [2.05, 4.69) is 0 Å². The van der Waals surface area contributed by atoms with Crippen LogP contribution >= 0.6 is 11.8 Å². The van der Waals surface area contributed by atoms with E-state index < -0.39 is 4.87 Å². The monoisotopic (exact) mass is 476 g/mol. The Morgan fingerprint density at radius 1 is 0.853 bits per heavy atom. The van der Waals surface area contributed by atoms with Crippen LogP contribution in [0.3, 0.4) is 0 Å². The van der Waals surface area contributed by atoms with Crippen molar-refractivity contribution in [2.45, 2.75) is 11.4 Å². The van der Waals surface area contributed by atoms with Crippen LogP contribution in [0.5, 0.6) is 17.2 Å². The molecular weight excluding hydrogens is 452 g/mol. The number of fused-ring (bicyclic) bond motifs is 2. The summed E-state index contributed by atoms with van der Waals surface area (Å²) in [5.41, 5.74) is 3.07. The maximum Gasteiger partial charge on any atom is 0.269 e. The van der Waals surface area contributed by atoms with Gasteiger partial charge in [-0.15, -0.1) is 11.8 Å². The van der Waals surface area contributed by atoms with Gasteiger partial charge in [0, 0.05) is 23.8 Å². The Bertz CT molecular complexity index is 1260. The molecule has 5 rings (SSSR count). The van der Waals surface area contributed by atoms with Crippen molar-refractivity contribution in [3.8, 4) is 17.2 Å². The second-order valence-electron chi connectivity index (χ2n) is 7.99. The van der Waals surface area contributed by atoms with E-state index in [1.165, 1.54) is 11.8 Å². The van der Waals surface area contributed by atoms with Gasteiger partial charge in [-0.1, -0.05) is 30.3 Å². The molecule has 7 nitrogen and oxygen atoms in total. The fourth-order valence-electron chi connectivity index (χ4n) is 4.59. The van der Waals surface area contributed by atoms with Gasteiger partial charge in [0.1, 0.15) is 17.2 Å². The number of hydrogen-bond acceptors (Lipinski definition) is 6. The van der Waals surface area contributed by atoms with Crippen molar-refractivity contribution >= 4 is 35.0 Å². The average molecular weight is 477 g/mol. The summed E-state index contributed by atoms with van der Waals surface area (Å²) < 4.78 is 16.2. The minimum atomic E-state index is -1.20. The summed E-state index contributed by atoms with van der Waals surface area (Å²) in [4.78, 5) is 29.6. The smallest absolute Gasteiger partial charge is 0.269 e. The molecule has 0 aliphatic carbocycles. The molecule has 0 N–H and O–H groups in total. The summed E-state index contributed by atoms with van der Waals surface area (Å²) in [5.74, 6) is 1.69. The van der Waals surface area contributed by atoms with Gasteiger partial charge in [-0.3, -0.25) is 14.5 Å². The Morgan fingerprint density at radius 2 is 1.56 bits per heavy atom. The lowest BCUT2D eigenvalue weighted by atomic mass is 10.0. The van der Waals surface area contributed by atoms with Crippen LogP contribution in [0.1, 0.15) is 11.1 Å². The standard InChI is InChI=1S/C26H24N2O5S/c1-31-19-8-6-7-17(11-19)15-27-23-10-5-4-9-22(23)26(25(27)30)28(24(29)16-34-26)18-12-20(32-2)14-21(13-18)33-3/h4-14H,15-16H2,1-3H3/t26-/m1/s1. The van der Waals surface area contributed by atoms with Crippen LogP contribution in [0.4, 0.5) is 11.4 Å². The Morgan fingerprint density at radius 3 is 2.26 bits per heavy atom. The number of hydrogen-bond donors (Lipinski definition) is 0. The second-order valence-corrected chi connectivity index (χ2v) is 9.16. The number of anilines is 2. The number of methoxy groups -OCH3 is 3. The third kappa shape index (κ3) is 3.37. The third-order valence-electron chi connectivity index (χ3n) is 6.13. The molecule has 0 saturated carbocycles. The van der Waals surface area contributed by atoms with E-state index in [-0.39, 0.29) is 17.6 Å². The number of carbonyl (C=O) groups is 2. The highest BCUT2D eigenvalue weighted by Crippen LogP contribution is 2.56. The lowest BCUT2D eigenvalue weighted by molar-refractivity contribution is -0.123. The van der Waals surface area contributed by atoms with E-state index in [9.17, 15) is 9.59 Å². The first kappa shape index (κ1) is 22.2. The van der Waals surface area contributed by atoms with Crippen LogP contribution < -0.4 is 24.0 Å². The lowest BCUT2D eigenvalue weighted by Crippen LogP contribution is -2.49. The highest BCUT2D eigenvalue weighted by molar-refractivity contribution is 8.02. The second kappa shape index (κ2) is 8.61. The van der Waals surface area contributed by atoms with Gasteiger partial charge >= 0.3 is 0 Å². The number of carbonyl (C=O) groups excluding carboxylic acids is 2. The minimum Gasteiger partial charge on any atom is -0.497 e. The van der Waals surface area contributed by atoms with Gasteiger partial charge < -0.3 is 19.1 Å². The molecule has 174 valence electrons. The molecule has 3 aromatic carbocycles. The van der Waals surface area contributed by atoms with Crippen LogP contribution in [0.2, 0.25) is 0 Å². The van der Waals surface area contributed by atoms with E-state index in [1.807, 2.05) is 48.5 Å². The van der Waals surface area contributed by atoms with Gasteiger partial charge in [0.15, 0.2) is 0 Å². The normalized spacial score (nSPS) is 19.0. The number of ether oxygens (including phenoxy) is 3. The van der Waals surface area contributed by atoms with Gasteiger partial charge in [0.2, 0.25) is 10.8 Å². The van der Waals surface area contributed by atoms with E-state index in [4.69, 9.17) is 14.2 Å². The molecule has 3 aromatic rings. The van der Waals surface area contributed by atoms with E-state index >= 15 is 0 Å². The first-order valence-corrected chi connectivity index (χ1v) is 11.7. The van der Waals surface area contributed by atoms with E-state index in [0.717, 1.165) is 22.6 Å². The summed E-state index contributed by atoms with van der Waals surface area (Å²) in [7, 11) is 4.73. The van der Waals surface area contributed by atoms with Crippen molar-refractivity contribution < 1.29 is 23.8 Å². The molecule has 1 saturated heterocycles. The SMILES string of the molecule is COc1cccc(CN2C(=O)[C@]3(SCC(=O)N3c3cc(OC)cc(OC)c3)c3ccccc32)c1. The van der Waals surface area contributed by atoms with Crippen molar-refractivity contribution in [3.63, 3.8) is 0 Å². The molecule has 2 aliphatic heterocycles. The fraction of sp³-hybridized carbons (Fsp3) is 0.231. The quantitative estimate of drug-likeness (QED) is 0.532. The largest absolute Gasteiger partial charge is 0.497 e. The Kier molecular flexibility index (Phi) is 5.61.